The molecule has 0 bridgehead atoms. The molecular weight excluding hydrogens is 278 g/mol. The minimum atomic E-state index is 0.532. The molecule has 3 heterocycles. The number of aryl methyl sites for hydroxylation is 4. The summed E-state index contributed by atoms with van der Waals surface area (Å²) in [5, 5.41) is 3.82. The first-order valence-corrected chi connectivity index (χ1v) is 6.95. The van der Waals surface area contributed by atoms with Crippen LogP contribution < -0.4 is 0 Å². The third-order valence-corrected chi connectivity index (χ3v) is 3.39. The Morgan fingerprint density at radius 2 is 2.20 bits per heavy atom. The van der Waals surface area contributed by atoms with Crippen LogP contribution in [0.5, 0.6) is 0 Å². The van der Waals surface area contributed by atoms with Crippen LogP contribution in [-0.4, -0.2) is 30.6 Å². The SMILES string of the molecule is Cc1ccnc2c1nc(CCCl)n2CCc1ncon1. The Hall–Kier alpha value is -1.95. The van der Waals surface area contributed by atoms with Gasteiger partial charge in [0.25, 0.3) is 0 Å². The second-order valence-corrected chi connectivity index (χ2v) is 4.89. The molecule has 3 aromatic heterocycles. The van der Waals surface area contributed by atoms with Gasteiger partial charge in [-0.25, -0.2) is 9.97 Å². The lowest BCUT2D eigenvalue weighted by atomic mass is 10.3. The molecule has 0 saturated heterocycles. The Morgan fingerprint density at radius 3 is 2.95 bits per heavy atom. The predicted octanol–water partition coefficient (Wildman–Crippen LogP) is 2.15. The van der Waals surface area contributed by atoms with Crippen molar-refractivity contribution >= 4 is 22.8 Å². The summed E-state index contributed by atoms with van der Waals surface area (Å²) in [5.74, 6) is 2.15. The molecule has 0 aliphatic carbocycles. The number of aromatic nitrogens is 5. The summed E-state index contributed by atoms with van der Waals surface area (Å²) in [6.45, 7) is 2.74. The monoisotopic (exact) mass is 291 g/mol. The molecule has 0 radical (unpaired) electrons. The van der Waals surface area contributed by atoms with E-state index < -0.39 is 0 Å². The van der Waals surface area contributed by atoms with E-state index in [-0.39, 0.29) is 0 Å². The first-order valence-electron chi connectivity index (χ1n) is 6.41. The van der Waals surface area contributed by atoms with E-state index in [1.807, 2.05) is 13.0 Å². The van der Waals surface area contributed by atoms with Crippen molar-refractivity contribution in [2.75, 3.05) is 5.88 Å². The van der Waals surface area contributed by atoms with Crippen LogP contribution >= 0.6 is 11.6 Å². The number of alkyl halides is 1. The van der Waals surface area contributed by atoms with Gasteiger partial charge in [-0.2, -0.15) is 4.98 Å². The summed E-state index contributed by atoms with van der Waals surface area (Å²) in [4.78, 5) is 13.1. The number of nitrogens with zero attached hydrogens (tertiary/aromatic N) is 5. The van der Waals surface area contributed by atoms with Crippen molar-refractivity contribution in [1.29, 1.82) is 0 Å². The molecule has 0 amide bonds. The van der Waals surface area contributed by atoms with Gasteiger partial charge in [0.2, 0.25) is 6.39 Å². The molecule has 0 fully saturated rings. The topological polar surface area (TPSA) is 69.6 Å². The largest absolute Gasteiger partial charge is 0.343 e. The Kier molecular flexibility index (Phi) is 3.64. The number of imidazole rings is 1. The van der Waals surface area contributed by atoms with Crippen molar-refractivity contribution < 1.29 is 4.52 Å². The fourth-order valence-corrected chi connectivity index (χ4v) is 2.38. The lowest BCUT2D eigenvalue weighted by Crippen LogP contribution is -2.08. The average molecular weight is 292 g/mol. The Balaban J connectivity index is 1.98. The van der Waals surface area contributed by atoms with E-state index in [0.717, 1.165) is 22.6 Å². The smallest absolute Gasteiger partial charge is 0.213 e. The molecule has 3 rings (SSSR count). The van der Waals surface area contributed by atoms with Crippen molar-refractivity contribution in [2.45, 2.75) is 26.3 Å². The Labute approximate surface area is 120 Å². The van der Waals surface area contributed by atoms with Crippen LogP contribution in [-0.2, 0) is 19.4 Å². The standard InChI is InChI=1S/C13H14ClN5O/c1-9-3-6-15-13-12(9)17-11(2-5-14)19(13)7-4-10-16-8-20-18-10/h3,6,8H,2,4-5,7H2,1H3. The van der Waals surface area contributed by atoms with Gasteiger partial charge in [0.05, 0.1) is 0 Å². The molecule has 6 nitrogen and oxygen atoms in total. The van der Waals surface area contributed by atoms with Gasteiger partial charge in [-0.1, -0.05) is 5.16 Å². The van der Waals surface area contributed by atoms with Crippen LogP contribution in [0, 0.1) is 6.92 Å². The maximum absolute atomic E-state index is 5.86. The number of pyridine rings is 1. The molecule has 0 aliphatic heterocycles. The predicted molar refractivity (Wildman–Crippen MR) is 74.7 cm³/mol. The van der Waals surface area contributed by atoms with E-state index in [4.69, 9.17) is 16.1 Å². The van der Waals surface area contributed by atoms with E-state index in [1.165, 1.54) is 6.39 Å². The van der Waals surface area contributed by atoms with Crippen molar-refractivity contribution in [3.05, 3.63) is 35.9 Å². The number of rotatable bonds is 5. The van der Waals surface area contributed by atoms with E-state index in [0.29, 0.717) is 31.1 Å². The van der Waals surface area contributed by atoms with E-state index >= 15 is 0 Å². The zero-order valence-corrected chi connectivity index (χ0v) is 11.8. The number of hydrogen-bond donors (Lipinski definition) is 0. The molecule has 3 aromatic rings. The van der Waals surface area contributed by atoms with Crippen LogP contribution in [0.3, 0.4) is 0 Å². The summed E-state index contributed by atoms with van der Waals surface area (Å²) in [6.07, 6.45) is 4.52. The van der Waals surface area contributed by atoms with E-state index in [2.05, 4.69) is 24.7 Å². The zero-order chi connectivity index (χ0) is 13.9. The molecule has 7 heteroatoms. The molecule has 0 unspecified atom stereocenters. The van der Waals surface area contributed by atoms with Gasteiger partial charge in [-0.15, -0.1) is 11.6 Å². The minimum absolute atomic E-state index is 0.532. The first-order chi connectivity index (χ1) is 9.79. The van der Waals surface area contributed by atoms with Crippen LogP contribution in [0.2, 0.25) is 0 Å². The molecule has 0 aliphatic rings. The van der Waals surface area contributed by atoms with Gasteiger partial charge < -0.3 is 9.09 Å². The highest BCUT2D eigenvalue weighted by Gasteiger charge is 2.13. The molecule has 0 N–H and O–H groups in total. The fraction of sp³-hybridized carbons (Fsp3) is 0.385. The Morgan fingerprint density at radius 1 is 1.30 bits per heavy atom. The summed E-state index contributed by atoms with van der Waals surface area (Å²) >= 11 is 5.86. The molecule has 0 atom stereocenters. The van der Waals surface area contributed by atoms with Gasteiger partial charge in [-0.05, 0) is 18.6 Å². The van der Waals surface area contributed by atoms with Crippen molar-refractivity contribution in [1.82, 2.24) is 24.7 Å². The van der Waals surface area contributed by atoms with Crippen molar-refractivity contribution in [2.24, 2.45) is 0 Å². The molecule has 104 valence electrons. The summed E-state index contributed by atoms with van der Waals surface area (Å²) in [7, 11) is 0. The van der Waals surface area contributed by atoms with Gasteiger partial charge in [-0.3, -0.25) is 0 Å². The first kappa shape index (κ1) is 13.1. The number of fused-ring (bicyclic) bond motifs is 1. The number of halogens is 1. The molecule has 20 heavy (non-hydrogen) atoms. The van der Waals surface area contributed by atoms with Crippen LogP contribution in [0.15, 0.2) is 23.2 Å². The Bertz CT molecular complexity index is 707. The summed E-state index contributed by atoms with van der Waals surface area (Å²) < 4.78 is 6.83. The molecule has 0 saturated carbocycles. The van der Waals surface area contributed by atoms with E-state index in [1.54, 1.807) is 6.20 Å². The van der Waals surface area contributed by atoms with Crippen LogP contribution in [0.25, 0.3) is 11.2 Å². The van der Waals surface area contributed by atoms with Gasteiger partial charge in [0.1, 0.15) is 11.3 Å². The maximum Gasteiger partial charge on any atom is 0.213 e. The second-order valence-electron chi connectivity index (χ2n) is 4.52. The minimum Gasteiger partial charge on any atom is -0.343 e. The lowest BCUT2D eigenvalue weighted by molar-refractivity contribution is 0.408. The number of hydrogen-bond acceptors (Lipinski definition) is 5. The quantitative estimate of drug-likeness (QED) is 0.674. The van der Waals surface area contributed by atoms with Crippen LogP contribution in [0.1, 0.15) is 17.2 Å². The summed E-state index contributed by atoms with van der Waals surface area (Å²) in [6, 6.07) is 1.96. The summed E-state index contributed by atoms with van der Waals surface area (Å²) in [5.41, 5.74) is 2.93. The highest BCUT2D eigenvalue weighted by molar-refractivity contribution is 6.17. The highest BCUT2D eigenvalue weighted by atomic mass is 35.5. The van der Waals surface area contributed by atoms with Crippen molar-refractivity contribution in [3.8, 4) is 0 Å². The third kappa shape index (κ3) is 2.38. The van der Waals surface area contributed by atoms with Crippen molar-refractivity contribution in [3.63, 3.8) is 0 Å². The highest BCUT2D eigenvalue weighted by Crippen LogP contribution is 2.18. The lowest BCUT2D eigenvalue weighted by Gasteiger charge is -2.06. The average Bonchev–Trinajstić information content (AvgIpc) is 3.05. The molecular formula is C13H14ClN5O. The maximum atomic E-state index is 5.86. The van der Waals surface area contributed by atoms with Gasteiger partial charge in [0.15, 0.2) is 11.5 Å². The van der Waals surface area contributed by atoms with Gasteiger partial charge in [0, 0.05) is 31.5 Å². The van der Waals surface area contributed by atoms with Crippen LogP contribution in [0.4, 0.5) is 0 Å². The molecule has 0 spiro atoms. The second kappa shape index (κ2) is 5.58. The fourth-order valence-electron chi connectivity index (χ4n) is 2.21. The molecule has 0 aromatic carbocycles. The van der Waals surface area contributed by atoms with E-state index in [9.17, 15) is 0 Å². The normalized spacial score (nSPS) is 11.3. The third-order valence-electron chi connectivity index (χ3n) is 3.20. The zero-order valence-electron chi connectivity index (χ0n) is 11.1. The van der Waals surface area contributed by atoms with Gasteiger partial charge >= 0.3 is 0 Å².